The molecule has 0 bridgehead atoms. The molecule has 0 atom stereocenters. The van der Waals surface area contributed by atoms with Gasteiger partial charge in [0.25, 0.3) is 0 Å². The highest BCUT2D eigenvalue weighted by Gasteiger charge is 2.24. The van der Waals surface area contributed by atoms with Crippen LogP contribution in [0.15, 0.2) is 101 Å². The minimum Gasteiger partial charge on any atom is -0.437 e. The molecule has 4 nitrogen and oxygen atoms in total. The zero-order valence-electron chi connectivity index (χ0n) is 23.5. The van der Waals surface area contributed by atoms with E-state index in [2.05, 4.69) is 86.9 Å². The molecule has 0 saturated heterocycles. The third kappa shape index (κ3) is 4.12. The molecule has 0 amide bonds. The molecule has 4 aromatic carbocycles. The number of benzene rings is 4. The Hall–Kier alpha value is -4.77. The first-order valence-corrected chi connectivity index (χ1v) is 14.1. The summed E-state index contributed by atoms with van der Waals surface area (Å²) in [5.74, 6) is 1.22. The van der Waals surface area contributed by atoms with E-state index < -0.39 is 0 Å². The van der Waals surface area contributed by atoms with Gasteiger partial charge in [0.1, 0.15) is 17.2 Å². The Balaban J connectivity index is 1.52. The third-order valence-electron chi connectivity index (χ3n) is 7.87. The molecule has 0 aliphatic carbocycles. The Labute approximate surface area is 238 Å². The van der Waals surface area contributed by atoms with E-state index in [0.29, 0.717) is 17.5 Å². The van der Waals surface area contributed by atoms with Crippen LogP contribution >= 0.6 is 0 Å². The van der Waals surface area contributed by atoms with Crippen molar-refractivity contribution in [3.8, 4) is 28.3 Å². The van der Waals surface area contributed by atoms with Crippen LogP contribution in [0.4, 0.5) is 4.39 Å². The number of fused-ring (bicyclic) bond motifs is 4. The molecule has 0 aliphatic rings. The second kappa shape index (κ2) is 9.70. The fourth-order valence-corrected chi connectivity index (χ4v) is 5.84. The Morgan fingerprint density at radius 3 is 2.12 bits per heavy atom. The summed E-state index contributed by atoms with van der Waals surface area (Å²) in [6, 6.07) is 31.5. The van der Waals surface area contributed by atoms with Crippen LogP contribution in [0.2, 0.25) is 0 Å². The van der Waals surface area contributed by atoms with Crippen molar-refractivity contribution in [2.75, 3.05) is 0 Å². The average molecular weight is 540 g/mol. The van der Waals surface area contributed by atoms with Gasteiger partial charge < -0.3 is 4.42 Å². The van der Waals surface area contributed by atoms with Crippen LogP contribution in [0.3, 0.4) is 0 Å². The number of hydrogen-bond acceptors (Lipinski definition) is 3. The van der Waals surface area contributed by atoms with E-state index in [-0.39, 0.29) is 5.82 Å². The monoisotopic (exact) mass is 539 g/mol. The largest absolute Gasteiger partial charge is 0.437 e. The van der Waals surface area contributed by atoms with E-state index in [9.17, 15) is 4.39 Å². The standard InChI is InChI=1S/C36H30FN3O/c1-21(2)25-9-7-10-26(22(3)4)33(25)40-32-14-6-5-13-31(32)38-35(40)29-12-8-11-27-28-19-20-30(39-36(28)41-34(27)29)23-15-17-24(37)18-16-23/h5-22H,1-4H3. The molecule has 41 heavy (non-hydrogen) atoms. The summed E-state index contributed by atoms with van der Waals surface area (Å²) in [5.41, 5.74) is 9.51. The normalized spacial score (nSPS) is 12.0. The lowest BCUT2D eigenvalue weighted by atomic mass is 9.92. The van der Waals surface area contributed by atoms with Gasteiger partial charge in [-0.25, -0.2) is 14.4 Å². The summed E-state index contributed by atoms with van der Waals surface area (Å²) in [6.07, 6.45) is 0. The molecule has 5 heteroatoms. The summed E-state index contributed by atoms with van der Waals surface area (Å²) in [6.45, 7) is 8.97. The van der Waals surface area contributed by atoms with Crippen LogP contribution in [-0.4, -0.2) is 14.5 Å². The van der Waals surface area contributed by atoms with Crippen molar-refractivity contribution in [1.82, 2.24) is 14.5 Å². The Kier molecular flexibility index (Phi) is 5.97. The molecular formula is C36H30FN3O. The zero-order chi connectivity index (χ0) is 28.2. The number of imidazole rings is 1. The van der Waals surface area contributed by atoms with E-state index in [0.717, 1.165) is 50.0 Å². The van der Waals surface area contributed by atoms with Crippen LogP contribution in [0.1, 0.15) is 50.7 Å². The molecule has 0 saturated carbocycles. The molecular weight excluding hydrogens is 509 g/mol. The fraction of sp³-hybridized carbons (Fsp3) is 0.167. The average Bonchev–Trinajstić information content (AvgIpc) is 3.55. The molecule has 0 fully saturated rings. The molecule has 0 aliphatic heterocycles. The van der Waals surface area contributed by atoms with Crippen molar-refractivity contribution >= 4 is 33.1 Å². The van der Waals surface area contributed by atoms with Crippen LogP contribution < -0.4 is 0 Å². The van der Waals surface area contributed by atoms with Gasteiger partial charge in [-0.1, -0.05) is 70.2 Å². The maximum Gasteiger partial charge on any atom is 0.227 e. The number of halogens is 1. The van der Waals surface area contributed by atoms with Gasteiger partial charge in [-0.3, -0.25) is 4.57 Å². The number of para-hydroxylation sites is 4. The number of nitrogens with zero attached hydrogens (tertiary/aromatic N) is 3. The lowest BCUT2D eigenvalue weighted by Crippen LogP contribution is -2.08. The third-order valence-corrected chi connectivity index (χ3v) is 7.87. The van der Waals surface area contributed by atoms with Crippen LogP contribution in [0, 0.1) is 5.82 Å². The van der Waals surface area contributed by atoms with Crippen LogP contribution in [-0.2, 0) is 0 Å². The minimum atomic E-state index is -0.272. The summed E-state index contributed by atoms with van der Waals surface area (Å²) in [7, 11) is 0. The maximum absolute atomic E-state index is 13.5. The van der Waals surface area contributed by atoms with Crippen molar-refractivity contribution in [3.63, 3.8) is 0 Å². The lowest BCUT2D eigenvalue weighted by Gasteiger charge is -2.22. The number of pyridine rings is 1. The quantitative estimate of drug-likeness (QED) is 0.219. The van der Waals surface area contributed by atoms with Gasteiger partial charge in [0, 0.05) is 16.3 Å². The number of hydrogen-bond donors (Lipinski definition) is 0. The van der Waals surface area contributed by atoms with Gasteiger partial charge in [-0.15, -0.1) is 0 Å². The second-order valence-corrected chi connectivity index (χ2v) is 11.2. The molecule has 0 spiro atoms. The SMILES string of the molecule is CC(C)c1cccc(C(C)C)c1-n1c(-c2cccc3c2oc2nc(-c4ccc(F)cc4)ccc23)nc2ccccc21. The van der Waals surface area contributed by atoms with Crippen LogP contribution in [0.5, 0.6) is 0 Å². The van der Waals surface area contributed by atoms with E-state index in [1.54, 1.807) is 12.1 Å². The molecule has 7 aromatic rings. The van der Waals surface area contributed by atoms with Gasteiger partial charge in [-0.05, 0) is 77.6 Å². The first kappa shape index (κ1) is 25.2. The molecule has 3 aromatic heterocycles. The van der Waals surface area contributed by atoms with Crippen LogP contribution in [0.25, 0.3) is 61.4 Å². The Bertz CT molecular complexity index is 2040. The molecule has 202 valence electrons. The number of aromatic nitrogens is 3. The smallest absolute Gasteiger partial charge is 0.227 e. The highest BCUT2D eigenvalue weighted by Crippen LogP contribution is 2.41. The topological polar surface area (TPSA) is 43.9 Å². The Morgan fingerprint density at radius 1 is 0.683 bits per heavy atom. The van der Waals surface area contributed by atoms with Crippen molar-refractivity contribution in [1.29, 1.82) is 0 Å². The van der Waals surface area contributed by atoms with Crippen molar-refractivity contribution in [2.24, 2.45) is 0 Å². The second-order valence-electron chi connectivity index (χ2n) is 11.2. The summed E-state index contributed by atoms with van der Waals surface area (Å²) in [4.78, 5) is 10.0. The maximum atomic E-state index is 13.5. The van der Waals surface area contributed by atoms with E-state index in [1.807, 2.05) is 18.2 Å². The lowest BCUT2D eigenvalue weighted by molar-refractivity contribution is 0.628. The molecule has 7 rings (SSSR count). The van der Waals surface area contributed by atoms with Gasteiger partial charge in [-0.2, -0.15) is 0 Å². The first-order valence-electron chi connectivity index (χ1n) is 14.1. The Morgan fingerprint density at radius 2 is 1.39 bits per heavy atom. The van der Waals surface area contributed by atoms with Gasteiger partial charge >= 0.3 is 0 Å². The van der Waals surface area contributed by atoms with E-state index in [4.69, 9.17) is 14.4 Å². The zero-order valence-corrected chi connectivity index (χ0v) is 23.5. The van der Waals surface area contributed by atoms with Gasteiger partial charge in [0.15, 0.2) is 0 Å². The van der Waals surface area contributed by atoms with Crippen molar-refractivity contribution < 1.29 is 8.81 Å². The van der Waals surface area contributed by atoms with E-state index >= 15 is 0 Å². The van der Waals surface area contributed by atoms with Crippen molar-refractivity contribution in [2.45, 2.75) is 39.5 Å². The fourth-order valence-electron chi connectivity index (χ4n) is 5.84. The number of rotatable bonds is 5. The summed E-state index contributed by atoms with van der Waals surface area (Å²) in [5, 5.41) is 1.91. The molecule has 0 unspecified atom stereocenters. The number of furan rings is 1. The van der Waals surface area contributed by atoms with Gasteiger partial charge in [0.2, 0.25) is 5.71 Å². The predicted molar refractivity (Wildman–Crippen MR) is 165 cm³/mol. The van der Waals surface area contributed by atoms with Crippen molar-refractivity contribution in [3.05, 3.63) is 114 Å². The van der Waals surface area contributed by atoms with E-state index in [1.165, 1.54) is 28.9 Å². The highest BCUT2D eigenvalue weighted by atomic mass is 19.1. The predicted octanol–water partition coefficient (Wildman–Crippen LogP) is 10.0. The highest BCUT2D eigenvalue weighted by molar-refractivity contribution is 6.09. The molecule has 0 radical (unpaired) electrons. The minimum absolute atomic E-state index is 0.272. The van der Waals surface area contributed by atoms with Gasteiger partial charge in [0.05, 0.1) is 28.0 Å². The molecule has 3 heterocycles. The summed E-state index contributed by atoms with van der Waals surface area (Å²) < 4.78 is 22.4. The summed E-state index contributed by atoms with van der Waals surface area (Å²) >= 11 is 0. The first-order chi connectivity index (χ1) is 19.9. The molecule has 0 N–H and O–H groups in total.